The number of thioether (sulfide) groups is 1. The van der Waals surface area contributed by atoms with Crippen LogP contribution in [0.4, 0.5) is 0 Å². The Morgan fingerprint density at radius 1 is 1.33 bits per heavy atom. The molecule has 0 aliphatic rings. The molecule has 3 N–H and O–H groups in total. The highest BCUT2D eigenvalue weighted by atomic mass is 32.2. The Hall–Kier alpha value is -1.42. The minimum absolute atomic E-state index is 0.385. The van der Waals surface area contributed by atoms with Crippen LogP contribution in [-0.2, 0) is 0 Å². The number of para-hydroxylation sites is 1. The molecule has 0 saturated carbocycles. The Morgan fingerprint density at radius 3 is 2.83 bits per heavy atom. The molecule has 96 valence electrons. The van der Waals surface area contributed by atoms with Crippen molar-refractivity contribution in [2.24, 2.45) is 5.73 Å². The fourth-order valence-corrected chi connectivity index (χ4v) is 3.15. The molecular weight excluding hydrogens is 244 g/mol. The second-order valence-electron chi connectivity index (χ2n) is 4.29. The number of amides is 1. The molecule has 1 heterocycles. The van der Waals surface area contributed by atoms with Gasteiger partial charge in [-0.15, -0.1) is 11.8 Å². The first-order chi connectivity index (χ1) is 8.74. The number of carbonyl (C=O) groups excluding carboxylic acids is 1. The number of nitrogens with two attached hydrogens (primary N) is 1. The lowest BCUT2D eigenvalue weighted by Gasteiger charge is -2.01. The van der Waals surface area contributed by atoms with E-state index in [1.165, 1.54) is 19.3 Å². The zero-order chi connectivity index (χ0) is 13.0. The predicted molar refractivity (Wildman–Crippen MR) is 77.1 cm³/mol. The van der Waals surface area contributed by atoms with Gasteiger partial charge in [-0.2, -0.15) is 0 Å². The van der Waals surface area contributed by atoms with Crippen molar-refractivity contribution in [1.82, 2.24) is 4.98 Å². The Bertz CT molecular complexity index is 548. The lowest BCUT2D eigenvalue weighted by atomic mass is 10.2. The number of benzene rings is 1. The molecule has 0 saturated heterocycles. The van der Waals surface area contributed by atoms with E-state index in [4.69, 9.17) is 5.73 Å². The van der Waals surface area contributed by atoms with Crippen LogP contribution in [0.25, 0.3) is 10.9 Å². The van der Waals surface area contributed by atoms with E-state index in [-0.39, 0.29) is 5.91 Å². The molecule has 0 radical (unpaired) electrons. The van der Waals surface area contributed by atoms with Gasteiger partial charge in [0.05, 0.1) is 0 Å². The fraction of sp³-hybridized carbons (Fsp3) is 0.357. The highest BCUT2D eigenvalue weighted by molar-refractivity contribution is 7.99. The molecular formula is C14H18N2OS. The van der Waals surface area contributed by atoms with Gasteiger partial charge in [0.2, 0.25) is 0 Å². The van der Waals surface area contributed by atoms with Crippen LogP contribution >= 0.6 is 11.8 Å². The van der Waals surface area contributed by atoms with Gasteiger partial charge >= 0.3 is 0 Å². The SMILES string of the molecule is CCCCCSc1c(C(N)=O)[nH]c2ccccc12. The van der Waals surface area contributed by atoms with E-state index in [0.29, 0.717) is 5.69 Å². The van der Waals surface area contributed by atoms with E-state index < -0.39 is 0 Å². The van der Waals surface area contributed by atoms with Crippen LogP contribution in [0.5, 0.6) is 0 Å². The largest absolute Gasteiger partial charge is 0.364 e. The number of unbranched alkanes of at least 4 members (excludes halogenated alkanes) is 2. The Balaban J connectivity index is 2.27. The van der Waals surface area contributed by atoms with Gasteiger partial charge in [-0.1, -0.05) is 38.0 Å². The number of rotatable bonds is 6. The molecule has 0 fully saturated rings. The zero-order valence-corrected chi connectivity index (χ0v) is 11.3. The minimum Gasteiger partial charge on any atom is -0.364 e. The summed E-state index contributed by atoms with van der Waals surface area (Å²) in [6.45, 7) is 2.19. The molecule has 0 atom stereocenters. The summed E-state index contributed by atoms with van der Waals surface area (Å²) in [5, 5.41) is 1.09. The molecule has 2 aromatic rings. The van der Waals surface area contributed by atoms with Crippen LogP contribution in [0.3, 0.4) is 0 Å². The maximum Gasteiger partial charge on any atom is 0.266 e. The van der Waals surface area contributed by atoms with Crippen LogP contribution in [0, 0.1) is 0 Å². The number of H-pyrrole nitrogens is 1. The highest BCUT2D eigenvalue weighted by Crippen LogP contribution is 2.32. The average Bonchev–Trinajstić information content (AvgIpc) is 2.74. The van der Waals surface area contributed by atoms with Crippen molar-refractivity contribution in [3.05, 3.63) is 30.0 Å². The third kappa shape index (κ3) is 2.70. The normalized spacial score (nSPS) is 10.9. The summed E-state index contributed by atoms with van der Waals surface area (Å²) < 4.78 is 0. The smallest absolute Gasteiger partial charge is 0.266 e. The highest BCUT2D eigenvalue weighted by Gasteiger charge is 2.15. The van der Waals surface area contributed by atoms with E-state index in [9.17, 15) is 4.79 Å². The fourth-order valence-electron chi connectivity index (χ4n) is 1.97. The van der Waals surface area contributed by atoms with Gasteiger partial charge < -0.3 is 10.7 Å². The van der Waals surface area contributed by atoms with Crippen LogP contribution in [0.2, 0.25) is 0 Å². The average molecular weight is 262 g/mol. The third-order valence-corrected chi connectivity index (χ3v) is 4.10. The zero-order valence-electron chi connectivity index (χ0n) is 10.5. The van der Waals surface area contributed by atoms with Crippen molar-refractivity contribution in [1.29, 1.82) is 0 Å². The number of aromatic nitrogens is 1. The van der Waals surface area contributed by atoms with Crippen LogP contribution in [0.15, 0.2) is 29.2 Å². The number of hydrogen-bond donors (Lipinski definition) is 2. The first-order valence-electron chi connectivity index (χ1n) is 6.27. The van der Waals surface area contributed by atoms with Gasteiger partial charge in [0.15, 0.2) is 0 Å². The maximum atomic E-state index is 11.5. The van der Waals surface area contributed by atoms with Crippen LogP contribution in [-0.4, -0.2) is 16.6 Å². The maximum absolute atomic E-state index is 11.5. The summed E-state index contributed by atoms with van der Waals surface area (Å²) in [5.41, 5.74) is 6.94. The lowest BCUT2D eigenvalue weighted by molar-refractivity contribution is 0.0993. The number of hydrogen-bond acceptors (Lipinski definition) is 2. The molecule has 4 heteroatoms. The van der Waals surface area contributed by atoms with Gasteiger partial charge in [-0.25, -0.2) is 0 Å². The van der Waals surface area contributed by atoms with Crippen molar-refractivity contribution >= 4 is 28.6 Å². The van der Waals surface area contributed by atoms with E-state index in [0.717, 1.165) is 21.6 Å². The molecule has 1 amide bonds. The summed E-state index contributed by atoms with van der Waals surface area (Å²) in [4.78, 5) is 15.6. The number of primary amides is 1. The van der Waals surface area contributed by atoms with Crippen molar-refractivity contribution in [3.63, 3.8) is 0 Å². The Kier molecular flexibility index (Phi) is 4.31. The first-order valence-corrected chi connectivity index (χ1v) is 7.26. The molecule has 18 heavy (non-hydrogen) atoms. The van der Waals surface area contributed by atoms with Crippen molar-refractivity contribution in [2.45, 2.75) is 31.1 Å². The Morgan fingerprint density at radius 2 is 2.11 bits per heavy atom. The molecule has 1 aromatic heterocycles. The molecule has 0 unspecified atom stereocenters. The first kappa shape index (κ1) is 13.0. The molecule has 0 spiro atoms. The summed E-state index contributed by atoms with van der Waals surface area (Å²) >= 11 is 1.72. The predicted octanol–water partition coefficient (Wildman–Crippen LogP) is 3.55. The molecule has 2 rings (SSSR count). The topological polar surface area (TPSA) is 58.9 Å². The summed E-state index contributed by atoms with van der Waals surface area (Å²) in [6.07, 6.45) is 3.59. The van der Waals surface area contributed by atoms with Crippen molar-refractivity contribution < 1.29 is 4.79 Å². The second-order valence-corrected chi connectivity index (χ2v) is 5.40. The lowest BCUT2D eigenvalue weighted by Crippen LogP contribution is -2.12. The van der Waals surface area contributed by atoms with Gasteiger partial charge in [0.25, 0.3) is 5.91 Å². The van der Waals surface area contributed by atoms with Crippen LogP contribution < -0.4 is 5.73 Å². The van der Waals surface area contributed by atoms with Crippen molar-refractivity contribution in [2.75, 3.05) is 5.75 Å². The minimum atomic E-state index is -0.385. The second kappa shape index (κ2) is 5.96. The van der Waals surface area contributed by atoms with Gasteiger partial charge in [-0.05, 0) is 18.2 Å². The van der Waals surface area contributed by atoms with Gasteiger partial charge in [0, 0.05) is 15.8 Å². The summed E-state index contributed by atoms with van der Waals surface area (Å²) in [6, 6.07) is 7.94. The quantitative estimate of drug-likeness (QED) is 0.618. The van der Waals surface area contributed by atoms with E-state index in [2.05, 4.69) is 11.9 Å². The monoisotopic (exact) mass is 262 g/mol. The Labute approximate surface area is 111 Å². The number of nitrogens with one attached hydrogen (secondary N) is 1. The number of fused-ring (bicyclic) bond motifs is 1. The van der Waals surface area contributed by atoms with Gasteiger partial charge in [0.1, 0.15) is 5.69 Å². The van der Waals surface area contributed by atoms with E-state index in [1.54, 1.807) is 11.8 Å². The standard InChI is InChI=1S/C14H18N2OS/c1-2-3-6-9-18-13-10-7-4-5-8-11(10)16-12(13)14(15)17/h4-5,7-8,16H,2-3,6,9H2,1H3,(H2,15,17). The molecule has 0 aliphatic carbocycles. The summed E-state index contributed by atoms with van der Waals surface area (Å²) in [7, 11) is 0. The summed E-state index contributed by atoms with van der Waals surface area (Å²) in [5.74, 6) is 0.639. The molecule has 0 aliphatic heterocycles. The van der Waals surface area contributed by atoms with E-state index >= 15 is 0 Å². The third-order valence-electron chi connectivity index (χ3n) is 2.90. The molecule has 1 aromatic carbocycles. The molecule has 0 bridgehead atoms. The molecule has 3 nitrogen and oxygen atoms in total. The van der Waals surface area contributed by atoms with Crippen LogP contribution in [0.1, 0.15) is 36.7 Å². The van der Waals surface area contributed by atoms with E-state index in [1.807, 2.05) is 24.3 Å². The number of aromatic amines is 1. The number of carbonyl (C=O) groups is 1. The van der Waals surface area contributed by atoms with Gasteiger partial charge in [-0.3, -0.25) is 4.79 Å². The van der Waals surface area contributed by atoms with Crippen molar-refractivity contribution in [3.8, 4) is 0 Å².